The molecule has 0 bridgehead atoms. The third kappa shape index (κ3) is 7.06. The summed E-state index contributed by atoms with van der Waals surface area (Å²) in [4.78, 5) is 41.0. The molecule has 13 heteroatoms. The van der Waals surface area contributed by atoms with Crippen molar-refractivity contribution < 1.29 is 24.2 Å². The van der Waals surface area contributed by atoms with Crippen LogP contribution < -0.4 is 19.7 Å². The van der Waals surface area contributed by atoms with Crippen molar-refractivity contribution in [2.75, 3.05) is 23.4 Å². The van der Waals surface area contributed by atoms with E-state index in [2.05, 4.69) is 31.2 Å². The summed E-state index contributed by atoms with van der Waals surface area (Å²) in [7, 11) is 0. The van der Waals surface area contributed by atoms with Crippen molar-refractivity contribution in [1.29, 1.82) is 5.26 Å². The highest BCUT2D eigenvalue weighted by atomic mass is 32.1. The minimum Gasteiger partial charge on any atom is -0.494 e. The highest BCUT2D eigenvalue weighted by Crippen LogP contribution is 2.36. The fourth-order valence-corrected chi connectivity index (χ4v) is 7.63. The van der Waals surface area contributed by atoms with Crippen LogP contribution >= 0.6 is 22.7 Å². The summed E-state index contributed by atoms with van der Waals surface area (Å²) in [5.41, 5.74) is 5.37. The predicted molar refractivity (Wildman–Crippen MR) is 188 cm³/mol. The van der Waals surface area contributed by atoms with Gasteiger partial charge in [0, 0.05) is 30.4 Å². The van der Waals surface area contributed by atoms with Crippen LogP contribution in [0.4, 0.5) is 15.1 Å². The van der Waals surface area contributed by atoms with Crippen LogP contribution in [0.15, 0.2) is 85.1 Å². The first-order valence-electron chi connectivity index (χ1n) is 15.5. The molecule has 1 amide bonds. The lowest BCUT2D eigenvalue weighted by atomic mass is 9.94. The number of nitrogens with zero attached hydrogens (tertiary/aromatic N) is 5. The quantitative estimate of drug-likeness (QED) is 0.109. The van der Waals surface area contributed by atoms with Gasteiger partial charge < -0.3 is 19.5 Å². The number of benzene rings is 3. The molecular formula is C36H28N6O5S2. The number of ether oxygens (including phenoxy) is 2. The number of amides is 1. The lowest BCUT2D eigenvalue weighted by molar-refractivity contribution is 0.102. The fourth-order valence-electron chi connectivity index (χ4n) is 5.71. The van der Waals surface area contributed by atoms with Crippen LogP contribution in [-0.4, -0.2) is 45.3 Å². The maximum absolute atomic E-state index is 13.5. The summed E-state index contributed by atoms with van der Waals surface area (Å²) in [5, 5.41) is 22.9. The number of hydrogen-bond donors (Lipinski definition) is 2. The van der Waals surface area contributed by atoms with E-state index in [1.54, 1.807) is 12.3 Å². The van der Waals surface area contributed by atoms with Gasteiger partial charge in [0.05, 0.1) is 21.7 Å². The average molecular weight is 689 g/mol. The van der Waals surface area contributed by atoms with Gasteiger partial charge >= 0.3 is 6.16 Å². The van der Waals surface area contributed by atoms with E-state index in [1.807, 2.05) is 72.8 Å². The van der Waals surface area contributed by atoms with Crippen molar-refractivity contribution in [3.05, 3.63) is 112 Å². The van der Waals surface area contributed by atoms with Crippen LogP contribution in [-0.2, 0) is 19.4 Å². The first-order chi connectivity index (χ1) is 23.9. The highest BCUT2D eigenvalue weighted by Gasteiger charge is 2.26. The van der Waals surface area contributed by atoms with Gasteiger partial charge in [0.1, 0.15) is 17.5 Å². The lowest BCUT2D eigenvalue weighted by Gasteiger charge is -2.29. The Bertz CT molecular complexity index is 2180. The molecule has 6 aromatic rings. The number of rotatable bonds is 10. The molecule has 0 saturated carbocycles. The Hall–Kier alpha value is -5.84. The second-order valence-corrected chi connectivity index (χ2v) is 13.2. The van der Waals surface area contributed by atoms with Crippen molar-refractivity contribution in [3.8, 4) is 28.8 Å². The smallest absolute Gasteiger partial charge is 0.494 e. The minimum absolute atomic E-state index is 0.0641. The second-order valence-electron chi connectivity index (χ2n) is 11.1. The van der Waals surface area contributed by atoms with Gasteiger partial charge in [-0.25, -0.2) is 14.8 Å². The Balaban J connectivity index is 1.01. The number of thiazole rings is 2. The number of nitrogens with one attached hydrogen (secondary N) is 1. The van der Waals surface area contributed by atoms with Crippen molar-refractivity contribution >= 4 is 55.2 Å². The number of para-hydroxylation sites is 1. The molecule has 0 aliphatic carbocycles. The molecule has 3 aromatic heterocycles. The van der Waals surface area contributed by atoms with Crippen LogP contribution in [0.1, 0.15) is 38.5 Å². The van der Waals surface area contributed by atoms with Gasteiger partial charge in [0.25, 0.3) is 5.91 Å². The Morgan fingerprint density at radius 2 is 1.86 bits per heavy atom. The van der Waals surface area contributed by atoms with Gasteiger partial charge in [0.2, 0.25) is 5.88 Å². The van der Waals surface area contributed by atoms with Crippen molar-refractivity contribution in [2.24, 2.45) is 0 Å². The monoisotopic (exact) mass is 688 g/mol. The standard InChI is InChI=1S/C36H28N6O5S2/c37-20-29-25(8-4-17-38-29)23-12-14-24(15-13-23)46-19-5-11-31-33(47-36(44)45)41-35(49-31)42-18-16-22-6-3-7-26(27(22)21-42)32(43)40-34-39-28-9-1-2-10-30(28)48-34/h1-4,6-10,12-15,17H,5,11,16,18-19,21H2,(H,44,45)(H,39,40,43). The van der Waals surface area contributed by atoms with Crippen LogP contribution in [0.2, 0.25) is 0 Å². The zero-order valence-corrected chi connectivity index (χ0v) is 27.6. The zero-order valence-electron chi connectivity index (χ0n) is 26.0. The molecule has 4 heterocycles. The minimum atomic E-state index is -1.43. The number of aromatic nitrogens is 3. The molecule has 7 rings (SSSR count). The molecule has 244 valence electrons. The summed E-state index contributed by atoms with van der Waals surface area (Å²) < 4.78 is 12.0. The van der Waals surface area contributed by atoms with Crippen molar-refractivity contribution in [2.45, 2.75) is 25.8 Å². The van der Waals surface area contributed by atoms with Crippen LogP contribution in [0.25, 0.3) is 21.3 Å². The molecule has 49 heavy (non-hydrogen) atoms. The predicted octanol–water partition coefficient (Wildman–Crippen LogP) is 7.57. The topological polar surface area (TPSA) is 151 Å². The molecule has 0 fully saturated rings. The zero-order chi connectivity index (χ0) is 33.7. The van der Waals surface area contributed by atoms with E-state index in [-0.39, 0.29) is 11.8 Å². The third-order valence-electron chi connectivity index (χ3n) is 8.03. The van der Waals surface area contributed by atoms with E-state index in [4.69, 9.17) is 9.47 Å². The summed E-state index contributed by atoms with van der Waals surface area (Å²) in [6.45, 7) is 1.48. The maximum Gasteiger partial charge on any atom is 0.512 e. The molecule has 0 radical (unpaired) electrons. The highest BCUT2D eigenvalue weighted by molar-refractivity contribution is 7.22. The molecule has 0 unspecified atom stereocenters. The number of aryl methyl sites for hydroxylation is 1. The van der Waals surface area contributed by atoms with E-state index in [0.29, 0.717) is 71.1 Å². The van der Waals surface area contributed by atoms with Crippen LogP contribution in [0.3, 0.4) is 0 Å². The number of pyridine rings is 1. The van der Waals surface area contributed by atoms with Crippen molar-refractivity contribution in [3.63, 3.8) is 0 Å². The number of carbonyl (C=O) groups is 2. The Morgan fingerprint density at radius 3 is 2.67 bits per heavy atom. The molecule has 0 atom stereocenters. The molecule has 0 spiro atoms. The molecule has 1 aliphatic heterocycles. The Morgan fingerprint density at radius 1 is 1.00 bits per heavy atom. The first-order valence-corrected chi connectivity index (χ1v) is 17.1. The number of hydrogen-bond acceptors (Lipinski definition) is 11. The lowest BCUT2D eigenvalue weighted by Crippen LogP contribution is -2.32. The summed E-state index contributed by atoms with van der Waals surface area (Å²) in [6, 6.07) is 26.7. The van der Waals surface area contributed by atoms with E-state index in [1.165, 1.54) is 22.7 Å². The molecule has 3 aromatic carbocycles. The van der Waals surface area contributed by atoms with E-state index < -0.39 is 6.16 Å². The van der Waals surface area contributed by atoms with Crippen molar-refractivity contribution in [1.82, 2.24) is 15.0 Å². The second kappa shape index (κ2) is 14.1. The van der Waals surface area contributed by atoms with Gasteiger partial charge in [-0.3, -0.25) is 10.1 Å². The maximum atomic E-state index is 13.5. The van der Waals surface area contributed by atoms with Gasteiger partial charge in [-0.1, -0.05) is 59.1 Å². The Kier molecular flexibility index (Phi) is 9.14. The largest absolute Gasteiger partial charge is 0.512 e. The number of carbonyl (C=O) groups excluding carboxylic acids is 1. The normalized spacial score (nSPS) is 12.3. The van der Waals surface area contributed by atoms with Crippen LogP contribution in [0.5, 0.6) is 11.6 Å². The third-order valence-corrected chi connectivity index (χ3v) is 10.1. The van der Waals surface area contributed by atoms with Gasteiger partial charge in [-0.05, 0) is 78.4 Å². The molecule has 11 nitrogen and oxygen atoms in total. The first kappa shape index (κ1) is 31.7. The van der Waals surface area contributed by atoms with Gasteiger partial charge in [-0.2, -0.15) is 10.2 Å². The van der Waals surface area contributed by atoms with Crippen LogP contribution in [0, 0.1) is 11.3 Å². The number of anilines is 2. The summed E-state index contributed by atoms with van der Waals surface area (Å²) in [6.07, 6.45) is 1.96. The number of carboxylic acid groups (broad SMARTS) is 1. The molecule has 2 N–H and O–H groups in total. The Labute approximate surface area is 289 Å². The number of nitriles is 1. The van der Waals surface area contributed by atoms with E-state index in [9.17, 15) is 20.0 Å². The molecule has 1 aliphatic rings. The number of fused-ring (bicyclic) bond motifs is 2. The fraction of sp³-hybridized carbons (Fsp3) is 0.167. The van der Waals surface area contributed by atoms with Gasteiger partial charge in [0.15, 0.2) is 10.3 Å². The summed E-state index contributed by atoms with van der Waals surface area (Å²) >= 11 is 2.81. The molecule has 0 saturated heterocycles. The van der Waals surface area contributed by atoms with E-state index in [0.717, 1.165) is 32.5 Å². The van der Waals surface area contributed by atoms with E-state index >= 15 is 0 Å². The SMILES string of the molecule is N#Cc1ncccc1-c1ccc(OCCCc2sc(N3CCc4cccc(C(=O)Nc5nc6ccccc6s5)c4C3)nc2OC(=O)O)cc1. The average Bonchev–Trinajstić information content (AvgIpc) is 3.72. The molecular weight excluding hydrogens is 661 g/mol. The summed E-state index contributed by atoms with van der Waals surface area (Å²) in [5.74, 6) is 0.508. The van der Waals surface area contributed by atoms with Gasteiger partial charge in [-0.15, -0.1) is 0 Å².